The number of rotatable bonds is 4. The van der Waals surface area contributed by atoms with Gasteiger partial charge in [0, 0.05) is 16.8 Å². The topological polar surface area (TPSA) is 34.9 Å². The molecular formula is C19H23ClN2OS. The molecule has 0 amide bonds. The Balaban J connectivity index is 2.15. The van der Waals surface area contributed by atoms with Gasteiger partial charge in [0.1, 0.15) is 0 Å². The van der Waals surface area contributed by atoms with Gasteiger partial charge in [0.05, 0.1) is 10.9 Å². The Labute approximate surface area is 152 Å². The highest BCUT2D eigenvalue weighted by Gasteiger charge is 2.31. The van der Waals surface area contributed by atoms with Crippen LogP contribution in [0.4, 0.5) is 0 Å². The van der Waals surface area contributed by atoms with Crippen molar-refractivity contribution in [2.45, 2.75) is 44.3 Å². The number of para-hydroxylation sites is 1. The predicted octanol–water partition coefficient (Wildman–Crippen LogP) is 5.24. The van der Waals surface area contributed by atoms with Gasteiger partial charge in [-0.25, -0.2) is 4.98 Å². The lowest BCUT2D eigenvalue weighted by atomic mass is 9.78. The van der Waals surface area contributed by atoms with E-state index in [0.717, 1.165) is 23.5 Å². The van der Waals surface area contributed by atoms with E-state index >= 15 is 0 Å². The van der Waals surface area contributed by atoms with Crippen LogP contribution in [0.1, 0.15) is 39.2 Å². The van der Waals surface area contributed by atoms with Gasteiger partial charge in [0.2, 0.25) is 0 Å². The summed E-state index contributed by atoms with van der Waals surface area (Å²) in [5, 5.41) is 2.02. The second-order valence-electron chi connectivity index (χ2n) is 6.73. The molecule has 1 aliphatic rings. The quantitative estimate of drug-likeness (QED) is 0.551. The summed E-state index contributed by atoms with van der Waals surface area (Å²) < 4.78 is 1.92. The fraction of sp³-hybridized carbons (Fsp3) is 0.474. The molecule has 0 spiro atoms. The Kier molecular flexibility index (Phi) is 5.36. The molecule has 1 aliphatic carbocycles. The predicted molar refractivity (Wildman–Crippen MR) is 103 cm³/mol. The minimum atomic E-state index is 0.0641. The van der Waals surface area contributed by atoms with Gasteiger partial charge in [-0.2, -0.15) is 0 Å². The normalized spacial score (nSPS) is 24.2. The maximum absolute atomic E-state index is 13.2. The molecule has 1 heterocycles. The molecule has 1 aromatic carbocycles. The second-order valence-corrected chi connectivity index (χ2v) is 8.20. The molecule has 0 unspecified atom stereocenters. The van der Waals surface area contributed by atoms with E-state index < -0.39 is 0 Å². The summed E-state index contributed by atoms with van der Waals surface area (Å²) in [4.78, 5) is 18.0. The van der Waals surface area contributed by atoms with Crippen LogP contribution in [0.15, 0.2) is 45.8 Å². The van der Waals surface area contributed by atoms with E-state index in [1.807, 2.05) is 28.8 Å². The van der Waals surface area contributed by atoms with Crippen LogP contribution in [0.25, 0.3) is 10.9 Å². The number of nitrogens with zero attached hydrogens (tertiary/aromatic N) is 2. The third-order valence-electron chi connectivity index (χ3n) is 5.13. The van der Waals surface area contributed by atoms with Gasteiger partial charge in [0.25, 0.3) is 5.56 Å². The number of hydrogen-bond acceptors (Lipinski definition) is 3. The van der Waals surface area contributed by atoms with Crippen LogP contribution in [0.2, 0.25) is 0 Å². The van der Waals surface area contributed by atoms with Gasteiger partial charge in [0.15, 0.2) is 5.16 Å². The molecule has 1 saturated carbocycles. The fourth-order valence-electron chi connectivity index (χ4n) is 3.58. The molecule has 5 heteroatoms. The fourth-order valence-corrected chi connectivity index (χ4v) is 4.55. The van der Waals surface area contributed by atoms with Crippen LogP contribution in [-0.2, 0) is 0 Å². The van der Waals surface area contributed by atoms with E-state index in [2.05, 4.69) is 20.4 Å². The number of aromatic nitrogens is 2. The first-order valence-electron chi connectivity index (χ1n) is 8.46. The number of hydrogen-bond donors (Lipinski definition) is 0. The van der Waals surface area contributed by atoms with E-state index in [4.69, 9.17) is 16.6 Å². The van der Waals surface area contributed by atoms with Crippen molar-refractivity contribution in [3.8, 4) is 0 Å². The van der Waals surface area contributed by atoms with Crippen LogP contribution in [0.5, 0.6) is 0 Å². The van der Waals surface area contributed by atoms with E-state index in [1.54, 1.807) is 0 Å². The minimum absolute atomic E-state index is 0.0641. The Bertz CT molecular complexity index is 817. The van der Waals surface area contributed by atoms with Crippen molar-refractivity contribution in [2.75, 3.05) is 5.75 Å². The van der Waals surface area contributed by atoms with Gasteiger partial charge in [-0.15, -0.1) is 0 Å². The largest absolute Gasteiger partial charge is 0.284 e. The summed E-state index contributed by atoms with van der Waals surface area (Å²) in [6.07, 6.45) is 3.41. The van der Waals surface area contributed by atoms with Crippen molar-refractivity contribution in [3.05, 3.63) is 46.2 Å². The lowest BCUT2D eigenvalue weighted by molar-refractivity contribution is 0.173. The smallest absolute Gasteiger partial charge is 0.262 e. The van der Waals surface area contributed by atoms with Crippen molar-refractivity contribution in [2.24, 2.45) is 11.8 Å². The van der Waals surface area contributed by atoms with Crippen LogP contribution in [0.3, 0.4) is 0 Å². The molecule has 0 saturated heterocycles. The molecule has 3 rings (SSSR count). The highest BCUT2D eigenvalue weighted by atomic mass is 35.5. The van der Waals surface area contributed by atoms with E-state index in [-0.39, 0.29) is 11.6 Å². The van der Waals surface area contributed by atoms with E-state index in [1.165, 1.54) is 18.2 Å². The van der Waals surface area contributed by atoms with Crippen molar-refractivity contribution >= 4 is 34.3 Å². The van der Waals surface area contributed by atoms with Gasteiger partial charge in [-0.3, -0.25) is 9.36 Å². The zero-order valence-corrected chi connectivity index (χ0v) is 15.7. The first kappa shape index (κ1) is 17.6. The average molecular weight is 363 g/mol. The maximum atomic E-state index is 13.2. The summed E-state index contributed by atoms with van der Waals surface area (Å²) in [5.41, 5.74) is 0.812. The van der Waals surface area contributed by atoms with Crippen molar-refractivity contribution in [1.82, 2.24) is 9.55 Å². The molecule has 24 heavy (non-hydrogen) atoms. The first-order chi connectivity index (χ1) is 11.5. The minimum Gasteiger partial charge on any atom is -0.284 e. The van der Waals surface area contributed by atoms with Gasteiger partial charge in [-0.05, 0) is 30.4 Å². The van der Waals surface area contributed by atoms with E-state index in [0.29, 0.717) is 28.0 Å². The number of benzene rings is 1. The van der Waals surface area contributed by atoms with Crippen LogP contribution in [-0.4, -0.2) is 15.3 Å². The standard InChI is InChI=1S/C19H23ClN2OS/c1-12-7-6-10-17(14(12)3)22-18(23)15-8-4-5-9-16(15)21-19(22)24-11-13(2)20/h4-5,8-9,12,14,17H,2,6-7,10-11H2,1,3H3/t12-,14-,17-/m1/s1. The highest BCUT2D eigenvalue weighted by Crippen LogP contribution is 2.39. The molecule has 3 nitrogen and oxygen atoms in total. The number of fused-ring (bicyclic) bond motifs is 1. The molecule has 0 N–H and O–H groups in total. The maximum Gasteiger partial charge on any atom is 0.262 e. The molecule has 0 aliphatic heterocycles. The SMILES string of the molecule is C=C(Cl)CSc1nc2ccccc2c(=O)n1[C@@H]1CCC[C@@H](C)[C@H]1C. The number of halogens is 1. The summed E-state index contributed by atoms with van der Waals surface area (Å²) in [6.45, 7) is 8.29. The zero-order valence-electron chi connectivity index (χ0n) is 14.2. The van der Waals surface area contributed by atoms with Crippen molar-refractivity contribution in [1.29, 1.82) is 0 Å². The molecule has 0 radical (unpaired) electrons. The zero-order chi connectivity index (χ0) is 17.3. The van der Waals surface area contributed by atoms with Crippen molar-refractivity contribution in [3.63, 3.8) is 0 Å². The Morgan fingerprint density at radius 1 is 1.38 bits per heavy atom. The van der Waals surface area contributed by atoms with Crippen molar-refractivity contribution < 1.29 is 0 Å². The second kappa shape index (κ2) is 7.32. The Morgan fingerprint density at radius 2 is 2.12 bits per heavy atom. The van der Waals surface area contributed by atoms with Gasteiger partial charge < -0.3 is 0 Å². The summed E-state index contributed by atoms with van der Waals surface area (Å²) in [6, 6.07) is 7.78. The Hall–Kier alpha value is -1.26. The third-order valence-corrected chi connectivity index (χ3v) is 6.46. The molecule has 128 valence electrons. The summed E-state index contributed by atoms with van der Waals surface area (Å²) in [7, 11) is 0. The monoisotopic (exact) mass is 362 g/mol. The first-order valence-corrected chi connectivity index (χ1v) is 9.82. The average Bonchev–Trinajstić information content (AvgIpc) is 2.56. The third kappa shape index (κ3) is 3.40. The molecule has 0 bridgehead atoms. The number of thioether (sulfide) groups is 1. The Morgan fingerprint density at radius 3 is 2.88 bits per heavy atom. The van der Waals surface area contributed by atoms with Crippen LogP contribution < -0.4 is 5.56 Å². The van der Waals surface area contributed by atoms with Crippen LogP contribution >= 0.6 is 23.4 Å². The van der Waals surface area contributed by atoms with Gasteiger partial charge in [-0.1, -0.05) is 68.8 Å². The van der Waals surface area contributed by atoms with E-state index in [9.17, 15) is 4.79 Å². The lowest BCUT2D eigenvalue weighted by Gasteiger charge is -2.36. The molecule has 1 aromatic heterocycles. The summed E-state index contributed by atoms with van der Waals surface area (Å²) in [5.74, 6) is 1.63. The summed E-state index contributed by atoms with van der Waals surface area (Å²) >= 11 is 7.45. The van der Waals surface area contributed by atoms with Gasteiger partial charge >= 0.3 is 0 Å². The van der Waals surface area contributed by atoms with Crippen LogP contribution in [0, 0.1) is 11.8 Å². The molecule has 1 fully saturated rings. The lowest BCUT2D eigenvalue weighted by Crippen LogP contribution is -2.35. The molecule has 2 aromatic rings. The molecular weight excluding hydrogens is 340 g/mol. The molecule has 3 atom stereocenters. The highest BCUT2D eigenvalue weighted by molar-refractivity contribution is 7.99.